The molecule has 0 radical (unpaired) electrons. The highest BCUT2D eigenvalue weighted by molar-refractivity contribution is 9.10. The van der Waals surface area contributed by atoms with E-state index < -0.39 is 0 Å². The van der Waals surface area contributed by atoms with E-state index in [0.717, 1.165) is 43.8 Å². The van der Waals surface area contributed by atoms with Crippen molar-refractivity contribution in [1.29, 1.82) is 0 Å². The summed E-state index contributed by atoms with van der Waals surface area (Å²) >= 11 is 4.37. The number of carbonyl (C=O) groups excluding carboxylic acids is 2. The number of aryl methyl sites for hydroxylation is 1. The van der Waals surface area contributed by atoms with Crippen molar-refractivity contribution >= 4 is 44.9 Å². The summed E-state index contributed by atoms with van der Waals surface area (Å²) < 4.78 is 3.13. The lowest BCUT2D eigenvalue weighted by atomic mass is 10.2. The Morgan fingerprint density at radius 1 is 1.24 bits per heavy atom. The standard InChI is InChI=1S/C19H15BrN2O2S/c1-4-9-21-18(23)17(25-19(21)24)11-14-10-12(2)22(13(14)3)16-7-5-15(20)6-8-16/h1,5-8,10-11H,9H2,2-3H3. The molecule has 1 aromatic heterocycles. The van der Waals surface area contributed by atoms with E-state index in [1.165, 1.54) is 0 Å². The second-order valence-electron chi connectivity index (χ2n) is 5.61. The molecule has 2 amide bonds. The first-order valence-electron chi connectivity index (χ1n) is 7.56. The van der Waals surface area contributed by atoms with Crippen LogP contribution in [-0.4, -0.2) is 27.2 Å². The van der Waals surface area contributed by atoms with Crippen LogP contribution in [-0.2, 0) is 4.79 Å². The van der Waals surface area contributed by atoms with E-state index in [9.17, 15) is 9.59 Å². The number of hydrogen-bond acceptors (Lipinski definition) is 3. The van der Waals surface area contributed by atoms with E-state index in [1.54, 1.807) is 6.08 Å². The van der Waals surface area contributed by atoms with Crippen LogP contribution in [0, 0.1) is 26.2 Å². The molecule has 4 nitrogen and oxygen atoms in total. The Morgan fingerprint density at radius 2 is 1.92 bits per heavy atom. The minimum Gasteiger partial charge on any atom is -0.318 e. The Hall–Kier alpha value is -2.23. The van der Waals surface area contributed by atoms with Crippen molar-refractivity contribution < 1.29 is 9.59 Å². The number of terminal acetylenes is 1. The van der Waals surface area contributed by atoms with Crippen molar-refractivity contribution in [1.82, 2.24) is 9.47 Å². The van der Waals surface area contributed by atoms with Crippen molar-refractivity contribution in [3.05, 3.63) is 56.7 Å². The SMILES string of the molecule is C#CCN1C(=O)SC(=Cc2cc(C)n(-c3ccc(Br)cc3)c2C)C1=O. The molecular weight excluding hydrogens is 400 g/mol. The monoisotopic (exact) mass is 414 g/mol. The third kappa shape index (κ3) is 3.30. The smallest absolute Gasteiger partial charge is 0.294 e. The van der Waals surface area contributed by atoms with Gasteiger partial charge >= 0.3 is 0 Å². The summed E-state index contributed by atoms with van der Waals surface area (Å²) in [4.78, 5) is 25.7. The third-order valence-electron chi connectivity index (χ3n) is 3.96. The lowest BCUT2D eigenvalue weighted by Crippen LogP contribution is -2.28. The molecule has 1 fully saturated rings. The maximum Gasteiger partial charge on any atom is 0.294 e. The van der Waals surface area contributed by atoms with Gasteiger partial charge in [-0.2, -0.15) is 0 Å². The number of hydrogen-bond donors (Lipinski definition) is 0. The minimum atomic E-state index is -0.332. The number of thioether (sulfide) groups is 1. The Labute approximate surface area is 159 Å². The Kier molecular flexibility index (Phi) is 4.89. The van der Waals surface area contributed by atoms with E-state index in [2.05, 4.69) is 26.4 Å². The first kappa shape index (κ1) is 17.6. The molecule has 0 aliphatic carbocycles. The van der Waals surface area contributed by atoms with Crippen LogP contribution in [0.25, 0.3) is 11.8 Å². The van der Waals surface area contributed by atoms with Gasteiger partial charge in [-0.05, 0) is 67.6 Å². The fourth-order valence-corrected chi connectivity index (χ4v) is 3.88. The average molecular weight is 415 g/mol. The van der Waals surface area contributed by atoms with Crippen LogP contribution in [0.4, 0.5) is 4.79 Å². The zero-order valence-electron chi connectivity index (χ0n) is 13.7. The molecule has 1 saturated heterocycles. The molecule has 2 aromatic rings. The fraction of sp³-hybridized carbons (Fsp3) is 0.158. The Bertz CT molecular complexity index is 936. The van der Waals surface area contributed by atoms with Crippen LogP contribution < -0.4 is 0 Å². The quantitative estimate of drug-likeness (QED) is 0.547. The molecule has 1 aromatic carbocycles. The van der Waals surface area contributed by atoms with Crippen molar-refractivity contribution in [2.75, 3.05) is 6.54 Å². The molecule has 0 bridgehead atoms. The normalized spacial score (nSPS) is 15.9. The van der Waals surface area contributed by atoms with Crippen molar-refractivity contribution in [3.8, 4) is 18.0 Å². The molecule has 1 aliphatic heterocycles. The summed E-state index contributed by atoms with van der Waals surface area (Å²) in [5, 5.41) is -0.323. The summed E-state index contributed by atoms with van der Waals surface area (Å²) in [6, 6.07) is 10.0. The highest BCUT2D eigenvalue weighted by Gasteiger charge is 2.34. The van der Waals surface area contributed by atoms with E-state index in [4.69, 9.17) is 6.42 Å². The molecule has 25 heavy (non-hydrogen) atoms. The number of aromatic nitrogens is 1. The molecule has 0 atom stereocenters. The molecular formula is C19H15BrN2O2S. The maximum atomic E-state index is 12.3. The van der Waals surface area contributed by atoms with Crippen molar-refractivity contribution in [3.63, 3.8) is 0 Å². The first-order chi connectivity index (χ1) is 11.9. The molecule has 3 rings (SSSR count). The summed E-state index contributed by atoms with van der Waals surface area (Å²) in [5.41, 5.74) is 4.00. The topological polar surface area (TPSA) is 42.3 Å². The molecule has 0 saturated carbocycles. The van der Waals surface area contributed by atoms with Gasteiger partial charge in [0.1, 0.15) is 0 Å². The highest BCUT2D eigenvalue weighted by Crippen LogP contribution is 2.33. The number of nitrogens with zero attached hydrogens (tertiary/aromatic N) is 2. The van der Waals surface area contributed by atoms with E-state index in [-0.39, 0.29) is 17.7 Å². The Balaban J connectivity index is 1.99. The van der Waals surface area contributed by atoms with Gasteiger partial charge in [-0.3, -0.25) is 14.5 Å². The van der Waals surface area contributed by atoms with Crippen molar-refractivity contribution in [2.24, 2.45) is 0 Å². The summed E-state index contributed by atoms with van der Waals surface area (Å²) in [6.45, 7) is 4.00. The first-order valence-corrected chi connectivity index (χ1v) is 9.17. The second-order valence-corrected chi connectivity index (χ2v) is 7.52. The average Bonchev–Trinajstić information content (AvgIpc) is 3.00. The van der Waals surface area contributed by atoms with Gasteiger partial charge in [0, 0.05) is 21.5 Å². The number of imide groups is 1. The van der Waals surface area contributed by atoms with E-state index >= 15 is 0 Å². The summed E-state index contributed by atoms with van der Waals surface area (Å²) in [6.07, 6.45) is 6.98. The summed E-state index contributed by atoms with van der Waals surface area (Å²) in [7, 11) is 0. The van der Waals surface area contributed by atoms with E-state index in [1.807, 2.05) is 44.2 Å². The molecule has 126 valence electrons. The van der Waals surface area contributed by atoms with Crippen LogP contribution in [0.5, 0.6) is 0 Å². The zero-order valence-corrected chi connectivity index (χ0v) is 16.1. The molecule has 0 N–H and O–H groups in total. The fourth-order valence-electron chi connectivity index (χ4n) is 2.79. The number of rotatable bonds is 3. The van der Waals surface area contributed by atoms with E-state index in [0.29, 0.717) is 4.91 Å². The molecule has 0 unspecified atom stereocenters. The maximum absolute atomic E-state index is 12.3. The van der Waals surface area contributed by atoms with Gasteiger partial charge in [0.25, 0.3) is 11.1 Å². The molecule has 1 aliphatic rings. The van der Waals surface area contributed by atoms with Gasteiger partial charge in [-0.1, -0.05) is 21.9 Å². The van der Waals surface area contributed by atoms with Gasteiger partial charge in [0.15, 0.2) is 0 Å². The van der Waals surface area contributed by atoms with Crippen LogP contribution in [0.1, 0.15) is 17.0 Å². The van der Waals surface area contributed by atoms with Gasteiger partial charge in [-0.25, -0.2) is 0 Å². The lowest BCUT2D eigenvalue weighted by Gasteiger charge is -2.09. The van der Waals surface area contributed by atoms with Crippen molar-refractivity contribution in [2.45, 2.75) is 13.8 Å². The van der Waals surface area contributed by atoms with Crippen LogP contribution >= 0.6 is 27.7 Å². The van der Waals surface area contributed by atoms with Crippen LogP contribution in [0.3, 0.4) is 0 Å². The lowest BCUT2D eigenvalue weighted by molar-refractivity contribution is -0.122. The Morgan fingerprint density at radius 3 is 2.56 bits per heavy atom. The van der Waals surface area contributed by atoms with Crippen LogP contribution in [0.15, 0.2) is 39.7 Å². The molecule has 2 heterocycles. The second kappa shape index (κ2) is 6.95. The number of halogens is 1. The van der Waals surface area contributed by atoms with Gasteiger partial charge in [0.05, 0.1) is 11.4 Å². The van der Waals surface area contributed by atoms with Crippen LogP contribution in [0.2, 0.25) is 0 Å². The van der Waals surface area contributed by atoms with Gasteiger partial charge in [0.2, 0.25) is 0 Å². The zero-order chi connectivity index (χ0) is 18.1. The number of amides is 2. The van der Waals surface area contributed by atoms with Gasteiger partial charge in [-0.15, -0.1) is 6.42 Å². The highest BCUT2D eigenvalue weighted by atomic mass is 79.9. The minimum absolute atomic E-state index is 0.0000778. The predicted octanol–water partition coefficient (Wildman–Crippen LogP) is 4.53. The number of carbonyl (C=O) groups is 2. The molecule has 0 spiro atoms. The summed E-state index contributed by atoms with van der Waals surface area (Å²) in [5.74, 6) is 2.01. The largest absolute Gasteiger partial charge is 0.318 e. The number of benzene rings is 1. The third-order valence-corrected chi connectivity index (χ3v) is 5.40. The molecule has 6 heteroatoms. The predicted molar refractivity (Wildman–Crippen MR) is 104 cm³/mol. The van der Waals surface area contributed by atoms with Gasteiger partial charge < -0.3 is 4.57 Å².